The van der Waals surface area contributed by atoms with Crippen LogP contribution in [0.25, 0.3) is 0 Å². The summed E-state index contributed by atoms with van der Waals surface area (Å²) < 4.78 is 1.91. The van der Waals surface area contributed by atoms with Crippen LogP contribution < -0.4 is 10.7 Å². The van der Waals surface area contributed by atoms with Gasteiger partial charge in [-0.2, -0.15) is 0 Å². The van der Waals surface area contributed by atoms with Gasteiger partial charge >= 0.3 is 0 Å². The Labute approximate surface area is 131 Å². The highest BCUT2D eigenvalue weighted by atomic mass is 16.2. The van der Waals surface area contributed by atoms with E-state index in [2.05, 4.69) is 12.2 Å². The van der Waals surface area contributed by atoms with E-state index in [9.17, 15) is 9.59 Å². The number of hydrogen-bond acceptors (Lipinski definition) is 2. The minimum absolute atomic E-state index is 0.00186. The lowest BCUT2D eigenvalue weighted by Crippen LogP contribution is -2.42. The van der Waals surface area contributed by atoms with Crippen LogP contribution in [0, 0.1) is 31.6 Å². The van der Waals surface area contributed by atoms with Crippen LogP contribution in [0.1, 0.15) is 44.0 Å². The molecular weight excluding hydrogens is 276 g/mol. The Kier molecular flexibility index (Phi) is 4.11. The molecule has 2 aliphatic carbocycles. The van der Waals surface area contributed by atoms with Crippen LogP contribution in [0.3, 0.4) is 0 Å². The van der Waals surface area contributed by atoms with Crippen molar-refractivity contribution in [1.82, 2.24) is 9.88 Å². The van der Waals surface area contributed by atoms with Crippen LogP contribution in [-0.4, -0.2) is 16.5 Å². The number of nitrogens with one attached hydrogen (secondary N) is 1. The van der Waals surface area contributed by atoms with Gasteiger partial charge in [-0.05, 0) is 57.8 Å². The lowest BCUT2D eigenvalue weighted by atomic mass is 9.84. The van der Waals surface area contributed by atoms with E-state index in [1.54, 1.807) is 12.1 Å². The largest absolute Gasteiger partial charge is 0.352 e. The Morgan fingerprint density at radius 3 is 2.50 bits per heavy atom. The highest BCUT2D eigenvalue weighted by molar-refractivity contribution is 5.76. The maximum atomic E-state index is 12.4. The first-order chi connectivity index (χ1) is 10.4. The summed E-state index contributed by atoms with van der Waals surface area (Å²) in [7, 11) is 0. The molecule has 1 aromatic heterocycles. The first-order valence-electron chi connectivity index (χ1n) is 8.41. The van der Waals surface area contributed by atoms with Gasteiger partial charge in [-0.15, -0.1) is 0 Å². The molecule has 0 aliphatic heterocycles. The molecule has 4 unspecified atom stereocenters. The highest BCUT2D eigenvalue weighted by Crippen LogP contribution is 2.49. The van der Waals surface area contributed by atoms with Crippen molar-refractivity contribution in [3.63, 3.8) is 0 Å². The number of aromatic nitrogens is 1. The number of rotatable bonds is 4. The van der Waals surface area contributed by atoms with Crippen molar-refractivity contribution < 1.29 is 4.79 Å². The van der Waals surface area contributed by atoms with Crippen LogP contribution in [-0.2, 0) is 11.3 Å². The van der Waals surface area contributed by atoms with Gasteiger partial charge in [0.1, 0.15) is 6.54 Å². The molecule has 0 radical (unpaired) electrons. The van der Waals surface area contributed by atoms with E-state index in [4.69, 9.17) is 0 Å². The van der Waals surface area contributed by atoms with Crippen molar-refractivity contribution in [3.8, 4) is 0 Å². The minimum atomic E-state index is 0.00186. The zero-order chi connectivity index (χ0) is 15.9. The van der Waals surface area contributed by atoms with E-state index in [1.807, 2.05) is 18.4 Å². The summed E-state index contributed by atoms with van der Waals surface area (Å²) in [5.74, 6) is 2.41. The molecule has 2 aliphatic rings. The lowest BCUT2D eigenvalue weighted by Gasteiger charge is -2.28. The summed E-state index contributed by atoms with van der Waals surface area (Å²) >= 11 is 0. The monoisotopic (exact) mass is 302 g/mol. The van der Waals surface area contributed by atoms with Crippen molar-refractivity contribution >= 4 is 5.91 Å². The van der Waals surface area contributed by atoms with Crippen molar-refractivity contribution in [1.29, 1.82) is 0 Å². The predicted octanol–water partition coefficient (Wildman–Crippen LogP) is 2.41. The topological polar surface area (TPSA) is 51.1 Å². The van der Waals surface area contributed by atoms with E-state index < -0.39 is 0 Å². The summed E-state index contributed by atoms with van der Waals surface area (Å²) in [6.45, 7) is 6.19. The van der Waals surface area contributed by atoms with E-state index in [-0.39, 0.29) is 17.4 Å². The van der Waals surface area contributed by atoms with E-state index in [0.29, 0.717) is 12.5 Å². The van der Waals surface area contributed by atoms with Crippen LogP contribution in [0.2, 0.25) is 0 Å². The Balaban J connectivity index is 1.62. The molecule has 120 valence electrons. The number of amides is 1. The SMILES string of the molecule is Cc1cc(=O)cc(C)n1CC(=O)NC(C)C1CC2CCC1C2. The van der Waals surface area contributed by atoms with Gasteiger partial charge in [-0.3, -0.25) is 9.59 Å². The molecule has 4 atom stereocenters. The second kappa shape index (κ2) is 5.90. The lowest BCUT2D eigenvalue weighted by molar-refractivity contribution is -0.122. The van der Waals surface area contributed by atoms with E-state index in [1.165, 1.54) is 25.7 Å². The second-order valence-corrected chi connectivity index (χ2v) is 7.25. The fourth-order valence-corrected chi connectivity index (χ4v) is 4.59. The summed E-state index contributed by atoms with van der Waals surface area (Å²) in [5.41, 5.74) is 1.68. The van der Waals surface area contributed by atoms with Crippen molar-refractivity contribution in [3.05, 3.63) is 33.7 Å². The standard InChI is InChI=1S/C18H26N2O2/c1-11-6-16(21)7-12(2)20(11)10-18(22)19-13(3)17-9-14-4-5-15(17)8-14/h6-7,13-15,17H,4-5,8-10H2,1-3H3,(H,19,22). The molecule has 1 amide bonds. The summed E-state index contributed by atoms with van der Waals surface area (Å²) in [5, 5.41) is 3.19. The first kappa shape index (κ1) is 15.3. The Bertz CT molecular complexity index is 608. The van der Waals surface area contributed by atoms with Crippen LogP contribution in [0.5, 0.6) is 0 Å². The summed E-state index contributed by atoms with van der Waals surface area (Å²) in [6.07, 6.45) is 5.37. The number of carbonyl (C=O) groups excluding carboxylic acids is 1. The van der Waals surface area contributed by atoms with Gasteiger partial charge in [0.2, 0.25) is 5.91 Å². The zero-order valence-electron chi connectivity index (χ0n) is 13.8. The molecule has 3 rings (SSSR count). The Morgan fingerprint density at radius 2 is 1.95 bits per heavy atom. The zero-order valence-corrected chi connectivity index (χ0v) is 13.8. The average Bonchev–Trinajstić information content (AvgIpc) is 3.05. The summed E-state index contributed by atoms with van der Waals surface area (Å²) in [6, 6.07) is 3.42. The van der Waals surface area contributed by atoms with Gasteiger partial charge < -0.3 is 9.88 Å². The maximum Gasteiger partial charge on any atom is 0.240 e. The van der Waals surface area contributed by atoms with Gasteiger partial charge in [-0.1, -0.05) is 6.42 Å². The minimum Gasteiger partial charge on any atom is -0.352 e. The third-order valence-electron chi connectivity index (χ3n) is 5.68. The predicted molar refractivity (Wildman–Crippen MR) is 86.7 cm³/mol. The molecule has 0 spiro atoms. The molecule has 1 N–H and O–H groups in total. The number of carbonyl (C=O) groups is 1. The summed E-state index contributed by atoms with van der Waals surface area (Å²) in [4.78, 5) is 23.8. The molecule has 0 aromatic carbocycles. The van der Waals surface area contributed by atoms with Gasteiger partial charge in [0.05, 0.1) is 0 Å². The van der Waals surface area contributed by atoms with Gasteiger partial charge in [-0.25, -0.2) is 0 Å². The smallest absolute Gasteiger partial charge is 0.240 e. The maximum absolute atomic E-state index is 12.4. The fourth-order valence-electron chi connectivity index (χ4n) is 4.59. The molecule has 1 heterocycles. The van der Waals surface area contributed by atoms with Gasteiger partial charge in [0.15, 0.2) is 5.43 Å². The van der Waals surface area contributed by atoms with Gasteiger partial charge in [0.25, 0.3) is 0 Å². The van der Waals surface area contributed by atoms with Gasteiger partial charge in [0, 0.05) is 29.6 Å². The van der Waals surface area contributed by atoms with Crippen molar-refractivity contribution in [2.75, 3.05) is 0 Å². The number of fused-ring (bicyclic) bond motifs is 2. The number of aryl methyl sites for hydroxylation is 2. The molecule has 4 nitrogen and oxygen atoms in total. The molecule has 2 fully saturated rings. The van der Waals surface area contributed by atoms with E-state index in [0.717, 1.165) is 23.2 Å². The third-order valence-corrected chi connectivity index (χ3v) is 5.68. The molecule has 4 heteroatoms. The second-order valence-electron chi connectivity index (χ2n) is 7.25. The van der Waals surface area contributed by atoms with E-state index >= 15 is 0 Å². The van der Waals surface area contributed by atoms with Crippen molar-refractivity contribution in [2.45, 2.75) is 59.0 Å². The number of nitrogens with zero attached hydrogens (tertiary/aromatic N) is 1. The van der Waals surface area contributed by atoms with Crippen LogP contribution in [0.4, 0.5) is 0 Å². The third kappa shape index (κ3) is 2.96. The molecule has 1 aromatic rings. The first-order valence-corrected chi connectivity index (χ1v) is 8.41. The Morgan fingerprint density at radius 1 is 1.27 bits per heavy atom. The van der Waals surface area contributed by atoms with Crippen LogP contribution in [0.15, 0.2) is 16.9 Å². The fraction of sp³-hybridized carbons (Fsp3) is 0.667. The number of pyridine rings is 1. The average molecular weight is 302 g/mol. The quantitative estimate of drug-likeness (QED) is 0.928. The molecule has 2 bridgehead atoms. The molecule has 2 saturated carbocycles. The molecule has 0 saturated heterocycles. The molecule has 22 heavy (non-hydrogen) atoms. The molecular formula is C18H26N2O2. The number of hydrogen-bond donors (Lipinski definition) is 1. The Hall–Kier alpha value is -1.58. The van der Waals surface area contributed by atoms with Crippen molar-refractivity contribution in [2.24, 2.45) is 17.8 Å². The highest BCUT2D eigenvalue weighted by Gasteiger charge is 2.42. The normalized spacial score (nSPS) is 27.9. The van der Waals surface area contributed by atoms with Crippen LogP contribution >= 0.6 is 0 Å².